The molecular formula is C23H23IN2O3. The van der Waals surface area contributed by atoms with Crippen molar-refractivity contribution in [1.29, 1.82) is 0 Å². The van der Waals surface area contributed by atoms with Crippen LogP contribution in [0.4, 0.5) is 5.69 Å². The first kappa shape index (κ1) is 21.3. The van der Waals surface area contributed by atoms with E-state index in [1.165, 1.54) is 0 Å². The van der Waals surface area contributed by atoms with E-state index in [1.54, 1.807) is 7.11 Å². The van der Waals surface area contributed by atoms with Gasteiger partial charge in [-0.25, -0.2) is 0 Å². The van der Waals surface area contributed by atoms with E-state index >= 15 is 0 Å². The topological polar surface area (TPSA) is 60.5 Å². The summed E-state index contributed by atoms with van der Waals surface area (Å²) in [7, 11) is 1.68. The van der Waals surface area contributed by atoms with Crippen LogP contribution in [0.15, 0.2) is 60.7 Å². The van der Waals surface area contributed by atoms with Crippen LogP contribution in [0.2, 0.25) is 0 Å². The van der Waals surface area contributed by atoms with Crippen molar-refractivity contribution in [3.8, 4) is 11.5 Å². The number of rotatable bonds is 7. The summed E-state index contributed by atoms with van der Waals surface area (Å²) in [5, 5.41) is 2.91. The van der Waals surface area contributed by atoms with Crippen LogP contribution in [0, 0.1) is 10.5 Å². The highest BCUT2D eigenvalue weighted by Gasteiger charge is 2.12. The molecule has 2 aromatic carbocycles. The molecule has 1 heterocycles. The fourth-order valence-corrected chi connectivity index (χ4v) is 3.30. The van der Waals surface area contributed by atoms with E-state index in [-0.39, 0.29) is 12.0 Å². The number of carbonyl (C=O) groups excluding carboxylic acids is 1. The van der Waals surface area contributed by atoms with E-state index < -0.39 is 0 Å². The Labute approximate surface area is 184 Å². The number of benzene rings is 2. The fraction of sp³-hybridized carbons (Fsp3) is 0.217. The minimum Gasteiger partial charge on any atom is -0.456 e. The number of ether oxygens (including phenoxy) is 2. The predicted octanol–water partition coefficient (Wildman–Crippen LogP) is 5.62. The summed E-state index contributed by atoms with van der Waals surface area (Å²) in [5.74, 6) is 1.32. The zero-order chi connectivity index (χ0) is 20.8. The van der Waals surface area contributed by atoms with Crippen molar-refractivity contribution in [2.75, 3.05) is 12.4 Å². The Hall–Kier alpha value is -2.45. The number of para-hydroxylation sites is 1. The first-order chi connectivity index (χ1) is 14.0. The Kier molecular flexibility index (Phi) is 7.22. The third kappa shape index (κ3) is 5.77. The molecule has 0 saturated heterocycles. The monoisotopic (exact) mass is 502 g/mol. The number of pyridine rings is 1. The molecule has 1 atom stereocenters. The molecule has 150 valence electrons. The molecule has 5 nitrogen and oxygen atoms in total. The van der Waals surface area contributed by atoms with Gasteiger partial charge in [0.15, 0.2) is 0 Å². The Balaban J connectivity index is 1.65. The van der Waals surface area contributed by atoms with Gasteiger partial charge in [-0.05, 0) is 85.0 Å². The summed E-state index contributed by atoms with van der Waals surface area (Å²) in [6.45, 7) is 3.83. The maximum absolute atomic E-state index is 12.6. The van der Waals surface area contributed by atoms with Crippen molar-refractivity contribution < 1.29 is 14.3 Å². The molecule has 1 N–H and O–H groups in total. The summed E-state index contributed by atoms with van der Waals surface area (Å²) in [4.78, 5) is 17.2. The number of nitrogens with one attached hydrogen (secondary N) is 1. The van der Waals surface area contributed by atoms with Crippen LogP contribution < -0.4 is 10.1 Å². The zero-order valence-corrected chi connectivity index (χ0v) is 18.8. The van der Waals surface area contributed by atoms with E-state index in [2.05, 4.69) is 32.9 Å². The SMILES string of the molecule is COC(C)Cc1ccc(C(=O)Nc2ccc(Oc3ccccc3I)cc2)c(C)n1. The highest BCUT2D eigenvalue weighted by Crippen LogP contribution is 2.27. The van der Waals surface area contributed by atoms with Crippen LogP contribution in [0.3, 0.4) is 0 Å². The second-order valence-electron chi connectivity index (χ2n) is 6.70. The number of anilines is 1. The molecule has 0 spiro atoms. The lowest BCUT2D eigenvalue weighted by atomic mass is 10.1. The van der Waals surface area contributed by atoms with Crippen LogP contribution >= 0.6 is 22.6 Å². The Morgan fingerprint density at radius 3 is 2.48 bits per heavy atom. The van der Waals surface area contributed by atoms with Crippen molar-refractivity contribution in [1.82, 2.24) is 4.98 Å². The first-order valence-corrected chi connectivity index (χ1v) is 10.4. The highest BCUT2D eigenvalue weighted by molar-refractivity contribution is 14.1. The summed E-state index contributed by atoms with van der Waals surface area (Å²) < 4.78 is 12.2. The third-order valence-corrected chi connectivity index (χ3v) is 5.35. The molecule has 3 aromatic rings. The molecule has 1 unspecified atom stereocenters. The Morgan fingerprint density at radius 1 is 1.10 bits per heavy atom. The normalized spacial score (nSPS) is 11.7. The first-order valence-electron chi connectivity index (χ1n) is 9.29. The second-order valence-corrected chi connectivity index (χ2v) is 7.86. The largest absolute Gasteiger partial charge is 0.456 e. The number of methoxy groups -OCH3 is 1. The Bertz CT molecular complexity index is 990. The van der Waals surface area contributed by atoms with E-state index in [1.807, 2.05) is 74.5 Å². The van der Waals surface area contributed by atoms with Gasteiger partial charge in [0, 0.05) is 24.9 Å². The maximum Gasteiger partial charge on any atom is 0.257 e. The molecule has 29 heavy (non-hydrogen) atoms. The van der Waals surface area contributed by atoms with Crippen molar-refractivity contribution in [2.24, 2.45) is 0 Å². The van der Waals surface area contributed by atoms with Gasteiger partial charge >= 0.3 is 0 Å². The molecule has 0 radical (unpaired) electrons. The lowest BCUT2D eigenvalue weighted by Crippen LogP contribution is -2.16. The molecule has 0 bridgehead atoms. The summed E-state index contributed by atoms with van der Waals surface area (Å²) >= 11 is 2.23. The highest BCUT2D eigenvalue weighted by atomic mass is 127. The van der Waals surface area contributed by atoms with Crippen molar-refractivity contribution in [3.05, 3.63) is 81.2 Å². The molecular weight excluding hydrogens is 479 g/mol. The van der Waals surface area contributed by atoms with E-state index in [0.29, 0.717) is 29.1 Å². The van der Waals surface area contributed by atoms with Gasteiger partial charge in [0.25, 0.3) is 5.91 Å². The molecule has 0 saturated carbocycles. The van der Waals surface area contributed by atoms with Gasteiger partial charge < -0.3 is 14.8 Å². The molecule has 3 rings (SSSR count). The molecule has 1 aromatic heterocycles. The van der Waals surface area contributed by atoms with Crippen LogP contribution in [0.5, 0.6) is 11.5 Å². The number of aromatic nitrogens is 1. The minimum absolute atomic E-state index is 0.0847. The Morgan fingerprint density at radius 2 is 1.83 bits per heavy atom. The summed E-state index contributed by atoms with van der Waals surface area (Å²) in [6, 6.07) is 18.8. The molecule has 0 fully saturated rings. The van der Waals surface area contributed by atoms with E-state index in [0.717, 1.165) is 15.0 Å². The number of aryl methyl sites for hydroxylation is 1. The van der Waals surface area contributed by atoms with Crippen LogP contribution in [0.25, 0.3) is 0 Å². The van der Waals surface area contributed by atoms with Crippen LogP contribution in [-0.4, -0.2) is 24.1 Å². The second kappa shape index (κ2) is 9.84. The maximum atomic E-state index is 12.6. The summed E-state index contributed by atoms with van der Waals surface area (Å²) in [5.41, 5.74) is 2.85. The lowest BCUT2D eigenvalue weighted by molar-refractivity contribution is 0.102. The number of amides is 1. The molecule has 0 aliphatic carbocycles. The van der Waals surface area contributed by atoms with Gasteiger partial charge in [0.2, 0.25) is 0 Å². The van der Waals surface area contributed by atoms with Crippen molar-refractivity contribution in [3.63, 3.8) is 0 Å². The molecule has 6 heteroatoms. The average molecular weight is 502 g/mol. The van der Waals surface area contributed by atoms with Gasteiger partial charge in [-0.3, -0.25) is 9.78 Å². The molecule has 1 amide bonds. The van der Waals surface area contributed by atoms with E-state index in [9.17, 15) is 4.79 Å². The van der Waals surface area contributed by atoms with Crippen molar-refractivity contribution in [2.45, 2.75) is 26.4 Å². The number of hydrogen-bond acceptors (Lipinski definition) is 4. The fourth-order valence-electron chi connectivity index (χ4n) is 2.80. The average Bonchev–Trinajstić information content (AvgIpc) is 2.71. The van der Waals surface area contributed by atoms with Gasteiger partial charge in [-0.15, -0.1) is 0 Å². The number of halogens is 1. The minimum atomic E-state index is -0.187. The van der Waals surface area contributed by atoms with Gasteiger partial charge in [0.1, 0.15) is 11.5 Å². The summed E-state index contributed by atoms with van der Waals surface area (Å²) in [6.07, 6.45) is 0.794. The van der Waals surface area contributed by atoms with Crippen LogP contribution in [-0.2, 0) is 11.2 Å². The zero-order valence-electron chi connectivity index (χ0n) is 16.6. The third-order valence-electron chi connectivity index (χ3n) is 4.46. The standard InChI is InChI=1S/C23H23IN2O3/c1-15(28-3)14-18-10-13-20(16(2)25-18)23(27)26-17-8-11-19(12-9-17)29-22-7-5-4-6-21(22)24/h4-13,15H,14H2,1-3H3,(H,26,27). The quantitative estimate of drug-likeness (QED) is 0.427. The van der Waals surface area contributed by atoms with Crippen molar-refractivity contribution >= 4 is 34.2 Å². The predicted molar refractivity (Wildman–Crippen MR) is 123 cm³/mol. The number of nitrogens with zero attached hydrogens (tertiary/aromatic N) is 1. The van der Waals surface area contributed by atoms with Gasteiger partial charge in [-0.2, -0.15) is 0 Å². The van der Waals surface area contributed by atoms with E-state index in [4.69, 9.17) is 9.47 Å². The lowest BCUT2D eigenvalue weighted by Gasteiger charge is -2.12. The van der Waals surface area contributed by atoms with Gasteiger partial charge in [0.05, 0.1) is 20.9 Å². The number of hydrogen-bond donors (Lipinski definition) is 1. The number of carbonyl (C=O) groups is 1. The van der Waals surface area contributed by atoms with Gasteiger partial charge in [-0.1, -0.05) is 12.1 Å². The molecule has 0 aliphatic heterocycles. The molecule has 0 aliphatic rings. The van der Waals surface area contributed by atoms with Crippen LogP contribution in [0.1, 0.15) is 28.7 Å². The smallest absolute Gasteiger partial charge is 0.257 e.